The maximum absolute atomic E-state index is 13.3. The Morgan fingerprint density at radius 1 is 1.32 bits per heavy atom. The van der Waals surface area contributed by atoms with Gasteiger partial charge < -0.3 is 10.5 Å². The zero-order valence-electron chi connectivity index (χ0n) is 10.4. The maximum atomic E-state index is 13.3. The lowest BCUT2D eigenvalue weighted by Crippen LogP contribution is -2.50. The quantitative estimate of drug-likeness (QED) is 0.915. The molecule has 6 heteroatoms. The Morgan fingerprint density at radius 2 is 2.00 bits per heavy atom. The number of alkyl halides is 3. The molecule has 106 valence electrons. The van der Waals surface area contributed by atoms with Gasteiger partial charge in [-0.15, -0.1) is 0 Å². The van der Waals surface area contributed by atoms with Crippen LogP contribution < -0.4 is 5.73 Å². The van der Waals surface area contributed by atoms with E-state index in [0.717, 1.165) is 0 Å². The average Bonchev–Trinajstić information content (AvgIpc) is 2.39. The van der Waals surface area contributed by atoms with Crippen molar-refractivity contribution in [3.8, 4) is 0 Å². The molecule has 2 rings (SSSR count). The molecule has 19 heavy (non-hydrogen) atoms. The van der Waals surface area contributed by atoms with Gasteiger partial charge in [0.1, 0.15) is 6.04 Å². The van der Waals surface area contributed by atoms with Crippen LogP contribution in [0.2, 0.25) is 0 Å². The molecule has 0 spiro atoms. The van der Waals surface area contributed by atoms with Crippen LogP contribution >= 0.6 is 0 Å². The van der Waals surface area contributed by atoms with E-state index >= 15 is 0 Å². The van der Waals surface area contributed by atoms with Crippen molar-refractivity contribution in [3.63, 3.8) is 0 Å². The molecule has 2 unspecified atom stereocenters. The molecule has 0 aliphatic carbocycles. The van der Waals surface area contributed by atoms with Gasteiger partial charge in [0.05, 0.1) is 12.7 Å². The molecule has 2 N–H and O–H groups in total. The first-order valence-corrected chi connectivity index (χ1v) is 6.19. The highest BCUT2D eigenvalue weighted by Gasteiger charge is 2.45. The predicted octanol–water partition coefficient (Wildman–Crippen LogP) is 1.95. The first-order chi connectivity index (χ1) is 9.02. The molecule has 0 aromatic heterocycles. The highest BCUT2D eigenvalue weighted by Crippen LogP contribution is 2.38. The maximum Gasteiger partial charge on any atom is 0.408 e. The largest absolute Gasteiger partial charge is 0.408 e. The van der Waals surface area contributed by atoms with Crippen LogP contribution in [0.15, 0.2) is 30.3 Å². The van der Waals surface area contributed by atoms with Gasteiger partial charge in [0.25, 0.3) is 0 Å². The highest BCUT2D eigenvalue weighted by molar-refractivity contribution is 5.20. The van der Waals surface area contributed by atoms with Crippen LogP contribution in [0.1, 0.15) is 11.6 Å². The van der Waals surface area contributed by atoms with E-state index in [1.807, 2.05) is 0 Å². The van der Waals surface area contributed by atoms with E-state index in [9.17, 15) is 13.2 Å². The summed E-state index contributed by atoms with van der Waals surface area (Å²) in [5.41, 5.74) is 5.74. The Bertz CT molecular complexity index is 397. The van der Waals surface area contributed by atoms with E-state index < -0.39 is 12.2 Å². The molecule has 1 aromatic rings. The number of halogens is 3. The van der Waals surface area contributed by atoms with Gasteiger partial charge in [0.2, 0.25) is 0 Å². The fraction of sp³-hybridized carbons (Fsp3) is 0.538. The summed E-state index contributed by atoms with van der Waals surface area (Å²) in [6.07, 6.45) is -4.64. The van der Waals surface area contributed by atoms with Crippen LogP contribution in [-0.4, -0.2) is 43.4 Å². The van der Waals surface area contributed by atoms with Crippen LogP contribution in [0.4, 0.5) is 13.2 Å². The summed E-state index contributed by atoms with van der Waals surface area (Å²) in [6, 6.07) is 6.37. The standard InChI is InChI=1S/C13H17F3N2O/c14-13(15,16)12(10-4-2-1-3-5-10)18-6-7-19-11(8-17)9-18/h1-5,11-12H,6-9,17H2. The van der Waals surface area contributed by atoms with Gasteiger partial charge in [0, 0.05) is 19.6 Å². The minimum Gasteiger partial charge on any atom is -0.374 e. The van der Waals surface area contributed by atoms with Gasteiger partial charge in [-0.05, 0) is 5.56 Å². The molecular formula is C13H17F3N2O. The first kappa shape index (κ1) is 14.3. The van der Waals surface area contributed by atoms with Crippen molar-refractivity contribution in [1.29, 1.82) is 0 Å². The zero-order valence-corrected chi connectivity index (χ0v) is 10.4. The lowest BCUT2D eigenvalue weighted by molar-refractivity contribution is -0.199. The van der Waals surface area contributed by atoms with Gasteiger partial charge in [-0.2, -0.15) is 13.2 Å². The number of nitrogens with two attached hydrogens (primary N) is 1. The van der Waals surface area contributed by atoms with Gasteiger partial charge in [-0.25, -0.2) is 0 Å². The molecule has 3 nitrogen and oxygen atoms in total. The molecule has 1 fully saturated rings. The smallest absolute Gasteiger partial charge is 0.374 e. The number of benzene rings is 1. The third-order valence-electron chi connectivity index (χ3n) is 3.22. The summed E-state index contributed by atoms with van der Waals surface area (Å²) in [6.45, 7) is 0.974. The lowest BCUT2D eigenvalue weighted by atomic mass is 10.0. The molecule has 2 atom stereocenters. The molecule has 0 amide bonds. The predicted molar refractivity (Wildman–Crippen MR) is 65.6 cm³/mol. The van der Waals surface area contributed by atoms with Crippen LogP contribution in [0.5, 0.6) is 0 Å². The van der Waals surface area contributed by atoms with E-state index in [4.69, 9.17) is 10.5 Å². The van der Waals surface area contributed by atoms with Gasteiger partial charge in [-0.3, -0.25) is 4.90 Å². The summed E-state index contributed by atoms with van der Waals surface area (Å²) in [7, 11) is 0. The second-order valence-corrected chi connectivity index (χ2v) is 4.58. The molecule has 1 aliphatic rings. The third-order valence-corrected chi connectivity index (χ3v) is 3.22. The summed E-state index contributed by atoms with van der Waals surface area (Å²) in [4.78, 5) is 1.40. The molecule has 1 saturated heterocycles. The van der Waals surface area contributed by atoms with E-state index in [-0.39, 0.29) is 37.9 Å². The number of nitrogens with zero attached hydrogens (tertiary/aromatic N) is 1. The van der Waals surface area contributed by atoms with Crippen molar-refractivity contribution >= 4 is 0 Å². The van der Waals surface area contributed by atoms with Crippen molar-refractivity contribution in [2.45, 2.75) is 18.3 Å². The summed E-state index contributed by atoms with van der Waals surface area (Å²) < 4.78 is 45.2. The highest BCUT2D eigenvalue weighted by atomic mass is 19.4. The molecule has 0 saturated carbocycles. The number of hydrogen-bond acceptors (Lipinski definition) is 3. The van der Waals surface area contributed by atoms with Crippen LogP contribution in [0.25, 0.3) is 0 Å². The topological polar surface area (TPSA) is 38.5 Å². The van der Waals surface area contributed by atoms with Crippen molar-refractivity contribution in [3.05, 3.63) is 35.9 Å². The molecule has 1 aromatic carbocycles. The van der Waals surface area contributed by atoms with E-state index in [2.05, 4.69) is 0 Å². The summed E-state index contributed by atoms with van der Waals surface area (Å²) in [5.74, 6) is 0. The average molecular weight is 274 g/mol. The van der Waals surface area contributed by atoms with Gasteiger partial charge in [0.15, 0.2) is 0 Å². The van der Waals surface area contributed by atoms with Crippen LogP contribution in [0.3, 0.4) is 0 Å². The summed E-state index contributed by atoms with van der Waals surface area (Å²) >= 11 is 0. The fourth-order valence-electron chi connectivity index (χ4n) is 2.36. The molecule has 1 aliphatic heterocycles. The minimum absolute atomic E-state index is 0.204. The van der Waals surface area contributed by atoms with Gasteiger partial charge in [-0.1, -0.05) is 30.3 Å². The number of morpholine rings is 1. The van der Waals surface area contributed by atoms with Gasteiger partial charge >= 0.3 is 6.18 Å². The Labute approximate surface area is 110 Å². The Morgan fingerprint density at radius 3 is 2.58 bits per heavy atom. The Kier molecular flexibility index (Phi) is 4.44. The third kappa shape index (κ3) is 3.46. The molecular weight excluding hydrogens is 257 g/mol. The minimum atomic E-state index is -4.31. The van der Waals surface area contributed by atoms with Crippen molar-refractivity contribution in [2.24, 2.45) is 5.73 Å². The van der Waals surface area contributed by atoms with Crippen molar-refractivity contribution in [2.75, 3.05) is 26.2 Å². The SMILES string of the molecule is NCC1CN(C(c2ccccc2)C(F)(F)F)CCO1. The Balaban J connectivity index is 2.24. The molecule has 0 bridgehead atoms. The van der Waals surface area contributed by atoms with E-state index in [1.54, 1.807) is 18.2 Å². The number of ether oxygens (including phenoxy) is 1. The van der Waals surface area contributed by atoms with Crippen molar-refractivity contribution in [1.82, 2.24) is 4.90 Å². The zero-order chi connectivity index (χ0) is 13.9. The Hall–Kier alpha value is -1.11. The number of rotatable bonds is 3. The fourth-order valence-corrected chi connectivity index (χ4v) is 2.36. The molecule has 0 radical (unpaired) electrons. The van der Waals surface area contributed by atoms with E-state index in [1.165, 1.54) is 17.0 Å². The second-order valence-electron chi connectivity index (χ2n) is 4.58. The first-order valence-electron chi connectivity index (χ1n) is 6.19. The van der Waals surface area contributed by atoms with E-state index in [0.29, 0.717) is 0 Å². The van der Waals surface area contributed by atoms with Crippen LogP contribution in [-0.2, 0) is 4.74 Å². The second kappa shape index (κ2) is 5.90. The van der Waals surface area contributed by atoms with Crippen molar-refractivity contribution < 1.29 is 17.9 Å². The van der Waals surface area contributed by atoms with Crippen LogP contribution in [0, 0.1) is 0 Å². The molecule has 1 heterocycles. The normalized spacial score (nSPS) is 23.3. The lowest BCUT2D eigenvalue weighted by Gasteiger charge is -2.38. The summed E-state index contributed by atoms with van der Waals surface area (Å²) in [5, 5.41) is 0. The number of hydrogen-bond donors (Lipinski definition) is 1. The monoisotopic (exact) mass is 274 g/mol.